The Hall–Kier alpha value is -1.40. The Bertz CT molecular complexity index is 668. The Morgan fingerprint density at radius 3 is 2.83 bits per heavy atom. The van der Waals surface area contributed by atoms with Crippen LogP contribution in [0.2, 0.25) is 0 Å². The molecule has 3 N–H and O–H groups in total. The zero-order chi connectivity index (χ0) is 13.3. The van der Waals surface area contributed by atoms with Crippen molar-refractivity contribution in [3.63, 3.8) is 0 Å². The number of rotatable bonds is 4. The highest BCUT2D eigenvalue weighted by atomic mass is 32.1. The fourth-order valence-corrected chi connectivity index (χ4v) is 3.09. The summed E-state index contributed by atoms with van der Waals surface area (Å²) >= 11 is 1.48. The summed E-state index contributed by atoms with van der Waals surface area (Å²) in [5.74, 6) is 0. The van der Waals surface area contributed by atoms with Crippen LogP contribution in [0.3, 0.4) is 0 Å². The predicted molar refractivity (Wildman–Crippen MR) is 74.5 cm³/mol. The Kier molecular flexibility index (Phi) is 3.68. The molecular formula is C12H17N3O2S. The van der Waals surface area contributed by atoms with Gasteiger partial charge in [0.2, 0.25) is 0 Å². The molecule has 2 aromatic heterocycles. The van der Waals surface area contributed by atoms with E-state index in [1.807, 2.05) is 6.07 Å². The molecule has 0 aromatic carbocycles. The molecule has 2 aromatic rings. The smallest absolute Gasteiger partial charge is 0.328 e. The van der Waals surface area contributed by atoms with Crippen molar-refractivity contribution >= 4 is 21.6 Å². The van der Waals surface area contributed by atoms with Gasteiger partial charge in [0.15, 0.2) is 0 Å². The zero-order valence-electron chi connectivity index (χ0n) is 10.5. The number of hydrogen-bond acceptors (Lipinski definition) is 4. The van der Waals surface area contributed by atoms with E-state index in [2.05, 4.69) is 11.9 Å². The molecule has 0 radical (unpaired) electrons. The minimum atomic E-state index is -0.379. The second-order valence-corrected chi connectivity index (χ2v) is 5.53. The number of fused-ring (bicyclic) bond motifs is 1. The number of H-pyrrole nitrogens is 1. The van der Waals surface area contributed by atoms with Gasteiger partial charge in [0, 0.05) is 11.4 Å². The van der Waals surface area contributed by atoms with E-state index in [0.717, 1.165) is 17.7 Å². The van der Waals surface area contributed by atoms with Crippen molar-refractivity contribution in [2.45, 2.75) is 32.7 Å². The van der Waals surface area contributed by atoms with Crippen LogP contribution in [0.5, 0.6) is 0 Å². The van der Waals surface area contributed by atoms with Gasteiger partial charge in [-0.3, -0.25) is 14.3 Å². The van der Waals surface area contributed by atoms with Crippen LogP contribution in [-0.2, 0) is 6.42 Å². The fraction of sp³-hybridized carbons (Fsp3) is 0.500. The van der Waals surface area contributed by atoms with E-state index in [9.17, 15) is 9.59 Å². The zero-order valence-corrected chi connectivity index (χ0v) is 11.3. The van der Waals surface area contributed by atoms with Crippen molar-refractivity contribution in [1.29, 1.82) is 0 Å². The molecule has 1 atom stereocenters. The SMILES string of the molecule is CCCc1cc2c(=O)n(C(C)CN)c(=O)[nH]c2s1. The van der Waals surface area contributed by atoms with E-state index >= 15 is 0 Å². The first-order chi connectivity index (χ1) is 8.58. The summed E-state index contributed by atoms with van der Waals surface area (Å²) < 4.78 is 1.20. The van der Waals surface area contributed by atoms with Crippen LogP contribution in [0.25, 0.3) is 10.2 Å². The van der Waals surface area contributed by atoms with Gasteiger partial charge in [-0.15, -0.1) is 11.3 Å². The van der Waals surface area contributed by atoms with E-state index in [4.69, 9.17) is 5.73 Å². The number of nitrogens with zero attached hydrogens (tertiary/aromatic N) is 1. The minimum Gasteiger partial charge on any atom is -0.328 e. The Morgan fingerprint density at radius 2 is 2.22 bits per heavy atom. The minimum absolute atomic E-state index is 0.245. The number of aromatic amines is 1. The molecular weight excluding hydrogens is 250 g/mol. The quantitative estimate of drug-likeness (QED) is 0.874. The van der Waals surface area contributed by atoms with E-state index in [0.29, 0.717) is 10.2 Å². The molecule has 18 heavy (non-hydrogen) atoms. The number of aromatic nitrogens is 2. The fourth-order valence-electron chi connectivity index (χ4n) is 1.95. The summed E-state index contributed by atoms with van der Waals surface area (Å²) in [5.41, 5.74) is 4.90. The molecule has 0 saturated carbocycles. The summed E-state index contributed by atoms with van der Waals surface area (Å²) in [4.78, 5) is 28.7. The van der Waals surface area contributed by atoms with Crippen molar-refractivity contribution in [2.75, 3.05) is 6.54 Å². The molecule has 1 unspecified atom stereocenters. The summed E-state index contributed by atoms with van der Waals surface area (Å²) in [7, 11) is 0. The number of nitrogens with two attached hydrogens (primary N) is 1. The van der Waals surface area contributed by atoms with E-state index in [1.54, 1.807) is 6.92 Å². The average molecular weight is 267 g/mol. The molecule has 0 amide bonds. The molecule has 2 rings (SSSR count). The first-order valence-corrected chi connectivity index (χ1v) is 6.87. The monoisotopic (exact) mass is 267 g/mol. The van der Waals surface area contributed by atoms with Crippen molar-refractivity contribution in [3.8, 4) is 0 Å². The van der Waals surface area contributed by atoms with E-state index < -0.39 is 0 Å². The third-order valence-corrected chi connectivity index (χ3v) is 4.06. The van der Waals surface area contributed by atoms with Gasteiger partial charge in [-0.2, -0.15) is 0 Å². The van der Waals surface area contributed by atoms with Gasteiger partial charge < -0.3 is 5.73 Å². The molecule has 0 saturated heterocycles. The maximum absolute atomic E-state index is 12.3. The number of thiophene rings is 1. The Morgan fingerprint density at radius 1 is 1.50 bits per heavy atom. The van der Waals surface area contributed by atoms with Crippen molar-refractivity contribution in [2.24, 2.45) is 5.73 Å². The highest BCUT2D eigenvalue weighted by molar-refractivity contribution is 7.18. The molecule has 5 nitrogen and oxygen atoms in total. The van der Waals surface area contributed by atoms with Crippen LogP contribution in [0.4, 0.5) is 0 Å². The Labute approximate surface area is 108 Å². The van der Waals surface area contributed by atoms with Crippen LogP contribution in [0, 0.1) is 0 Å². The first-order valence-electron chi connectivity index (χ1n) is 6.05. The van der Waals surface area contributed by atoms with Gasteiger partial charge >= 0.3 is 5.69 Å². The molecule has 0 fully saturated rings. The average Bonchev–Trinajstić information content (AvgIpc) is 2.72. The van der Waals surface area contributed by atoms with Crippen molar-refractivity contribution < 1.29 is 0 Å². The summed E-state index contributed by atoms with van der Waals surface area (Å²) in [6, 6.07) is 1.58. The Balaban J connectivity index is 2.69. The molecule has 0 spiro atoms. The molecule has 2 heterocycles. The lowest BCUT2D eigenvalue weighted by atomic mass is 10.2. The van der Waals surface area contributed by atoms with Crippen LogP contribution in [-0.4, -0.2) is 16.1 Å². The predicted octanol–water partition coefficient (Wildman–Crippen LogP) is 1.22. The lowest BCUT2D eigenvalue weighted by Crippen LogP contribution is -2.39. The highest BCUT2D eigenvalue weighted by Crippen LogP contribution is 2.21. The van der Waals surface area contributed by atoms with Crippen LogP contribution in [0.15, 0.2) is 15.7 Å². The second-order valence-electron chi connectivity index (χ2n) is 4.40. The topological polar surface area (TPSA) is 80.9 Å². The van der Waals surface area contributed by atoms with Crippen molar-refractivity contribution in [1.82, 2.24) is 9.55 Å². The number of aryl methyl sites for hydroxylation is 1. The highest BCUT2D eigenvalue weighted by Gasteiger charge is 2.14. The van der Waals surface area contributed by atoms with Gasteiger partial charge in [0.25, 0.3) is 5.56 Å². The number of nitrogens with one attached hydrogen (secondary N) is 1. The van der Waals surface area contributed by atoms with Crippen LogP contribution >= 0.6 is 11.3 Å². The third-order valence-electron chi connectivity index (χ3n) is 2.95. The molecule has 0 bridgehead atoms. The van der Waals surface area contributed by atoms with Gasteiger partial charge in [-0.25, -0.2) is 4.79 Å². The van der Waals surface area contributed by atoms with Crippen LogP contribution in [0.1, 0.15) is 31.2 Å². The van der Waals surface area contributed by atoms with Gasteiger partial charge in [-0.05, 0) is 19.4 Å². The summed E-state index contributed by atoms with van der Waals surface area (Å²) in [6.07, 6.45) is 1.94. The largest absolute Gasteiger partial charge is 0.329 e. The maximum Gasteiger partial charge on any atom is 0.329 e. The van der Waals surface area contributed by atoms with Gasteiger partial charge in [0.05, 0.1) is 11.4 Å². The van der Waals surface area contributed by atoms with Gasteiger partial charge in [0.1, 0.15) is 4.83 Å². The molecule has 0 aliphatic carbocycles. The molecule has 0 aliphatic heterocycles. The lowest BCUT2D eigenvalue weighted by Gasteiger charge is -2.10. The third kappa shape index (κ3) is 2.13. The first kappa shape index (κ1) is 13.0. The normalized spacial score (nSPS) is 13.1. The standard InChI is InChI=1S/C12H17N3O2S/c1-3-4-8-5-9-10(18-8)14-12(17)15(11(9)16)7(2)6-13/h5,7H,3-4,6,13H2,1-2H3,(H,14,17). The second kappa shape index (κ2) is 5.07. The summed E-state index contributed by atoms with van der Waals surface area (Å²) in [5, 5.41) is 0.586. The van der Waals surface area contributed by atoms with Gasteiger partial charge in [-0.1, -0.05) is 13.3 Å². The molecule has 98 valence electrons. The maximum atomic E-state index is 12.3. The van der Waals surface area contributed by atoms with E-state index in [-0.39, 0.29) is 23.8 Å². The van der Waals surface area contributed by atoms with E-state index in [1.165, 1.54) is 15.9 Å². The molecule has 0 aliphatic rings. The number of hydrogen-bond donors (Lipinski definition) is 2. The van der Waals surface area contributed by atoms with Crippen LogP contribution < -0.4 is 17.0 Å². The molecule has 6 heteroatoms. The van der Waals surface area contributed by atoms with Crippen molar-refractivity contribution in [3.05, 3.63) is 31.8 Å². The lowest BCUT2D eigenvalue weighted by molar-refractivity contribution is 0.518. The summed E-state index contributed by atoms with van der Waals surface area (Å²) in [6.45, 7) is 4.12.